The molecule has 0 spiro atoms. The molecule has 0 rings (SSSR count). The zero-order valence-corrected chi connectivity index (χ0v) is 53.0. The zero-order chi connectivity index (χ0) is 16.0. The SMILES string of the molecule is C.C.F.F.N.N.P.P.S.[2H][PH-].[2H][PH-].[2H][PH-].[2H][PH-].[2H][PH-].[2H][PH-].[2H][PH-].[2H][PH-].[K+].[K+].[K+].[K+].[K+].[K+].[K+].[K+]. The molecule has 0 aliphatic heterocycles. The molecule has 0 amide bonds. The van der Waals surface area contributed by atoms with Crippen LogP contribution >= 0.6 is 112 Å². The van der Waals surface area contributed by atoms with Crippen LogP contribution in [-0.2, 0) is 0 Å². The van der Waals surface area contributed by atoms with Crippen LogP contribution in [0.1, 0.15) is 14.9 Å². The predicted octanol–water partition coefficient (Wildman–Crippen LogP) is -19.2. The maximum absolute atomic E-state index is 5.56. The molecular formula is C2H40F2K8N2P10S. The van der Waals surface area contributed by atoms with E-state index < -0.39 is 0 Å². The van der Waals surface area contributed by atoms with Crippen molar-refractivity contribution in [3.8, 4) is 0 Å². The molecule has 0 radical (unpaired) electrons. The van der Waals surface area contributed by atoms with Crippen LogP contribution in [0.4, 0.5) is 9.41 Å². The number of halogens is 2. The Kier molecular flexibility index (Phi) is 1000. The van der Waals surface area contributed by atoms with Crippen LogP contribution in [0.5, 0.6) is 0 Å². The minimum absolute atomic E-state index is 0. The van der Waals surface area contributed by atoms with Crippen LogP contribution in [0.25, 0.3) is 0 Å². The van der Waals surface area contributed by atoms with E-state index in [-0.39, 0.29) is 481 Å². The van der Waals surface area contributed by atoms with E-state index in [1.54, 1.807) is 0 Å². The molecule has 2 unspecified atom stereocenters. The van der Waals surface area contributed by atoms with E-state index in [4.69, 9.17) is 10.2 Å². The first-order valence-electron chi connectivity index (χ1n) is 4.00. The molecule has 25 heavy (non-hydrogen) atoms. The summed E-state index contributed by atoms with van der Waals surface area (Å²) in [6.45, 7) is 0. The van der Waals surface area contributed by atoms with Gasteiger partial charge in [0, 0.05) is 0 Å². The van der Waals surface area contributed by atoms with Gasteiger partial charge in [-0.25, -0.2) is 10.2 Å². The van der Waals surface area contributed by atoms with Crippen molar-refractivity contribution in [3.63, 3.8) is 0 Å². The molecule has 23 heteroatoms. The van der Waals surface area contributed by atoms with Gasteiger partial charge in [0.15, 0.2) is 0 Å². The van der Waals surface area contributed by atoms with Gasteiger partial charge in [-0.3, -0.25) is 9.41 Å². The van der Waals surface area contributed by atoms with Gasteiger partial charge in [-0.15, -0.1) is 0 Å². The summed E-state index contributed by atoms with van der Waals surface area (Å²) in [4.78, 5) is 0. The van der Waals surface area contributed by atoms with Crippen molar-refractivity contribution < 1.29 is 420 Å². The van der Waals surface area contributed by atoms with E-state index >= 15 is 0 Å². The number of hydrogen-bond donors (Lipinski definition) is 2. The fourth-order valence-corrected chi connectivity index (χ4v) is 0. The molecule has 0 aliphatic carbocycles. The number of rotatable bonds is 0. The van der Waals surface area contributed by atoms with Crippen molar-refractivity contribution in [2.75, 3.05) is 0 Å². The maximum Gasteiger partial charge on any atom is 1.00 e. The van der Waals surface area contributed by atoms with Gasteiger partial charge in [0.2, 0.25) is 0 Å². The minimum Gasteiger partial charge on any atom is -0.577 e. The van der Waals surface area contributed by atoms with Crippen molar-refractivity contribution in [2.45, 2.75) is 14.9 Å². The second-order valence-electron chi connectivity index (χ2n) is 0. The summed E-state index contributed by atoms with van der Waals surface area (Å²) in [5.74, 6) is 0. The molecule has 0 aromatic heterocycles. The summed E-state index contributed by atoms with van der Waals surface area (Å²) < 4.78 is 44.4. The van der Waals surface area contributed by atoms with Crippen molar-refractivity contribution >= 4 is 112 Å². The van der Waals surface area contributed by atoms with E-state index in [0.717, 1.165) is 0 Å². The van der Waals surface area contributed by atoms with Gasteiger partial charge in [-0.2, -0.15) is 33.3 Å². The first-order chi connectivity index (χ1) is 8.00. The molecule has 136 valence electrons. The third kappa shape index (κ3) is 211. The van der Waals surface area contributed by atoms with Gasteiger partial charge in [-0.05, 0) is 0 Å². The Morgan fingerprint density at radius 3 is 0.360 bits per heavy atom. The topological polar surface area (TPSA) is 70.0 Å². The fourth-order valence-electron chi connectivity index (χ4n) is 0. The van der Waals surface area contributed by atoms with Gasteiger partial charge in [0.25, 0.3) is 0 Å². The molecule has 0 fully saturated rings. The Labute approximate surface area is 550 Å². The molecule has 0 aromatic rings. The van der Waals surface area contributed by atoms with Crippen LogP contribution in [0.2, 0.25) is 0 Å². The van der Waals surface area contributed by atoms with Gasteiger partial charge in [0.1, 0.15) is 0 Å². The van der Waals surface area contributed by atoms with Crippen LogP contribution < -0.4 is 423 Å². The molecule has 0 aromatic carbocycles. The molecule has 6 N–H and O–H groups in total. The smallest absolute Gasteiger partial charge is 0.577 e. The Morgan fingerprint density at radius 2 is 0.360 bits per heavy atom. The summed E-state index contributed by atoms with van der Waals surface area (Å²) in [7, 11) is 17.8. The summed E-state index contributed by atoms with van der Waals surface area (Å²) in [6.07, 6.45) is 0. The Bertz CT molecular complexity index is 79.2. The molecule has 0 aliphatic rings. The van der Waals surface area contributed by atoms with Crippen LogP contribution in [0.15, 0.2) is 0 Å². The summed E-state index contributed by atoms with van der Waals surface area (Å²) in [5.41, 5.74) is 0. The Hall–Kier alpha value is 17.5. The molecule has 0 saturated heterocycles. The van der Waals surface area contributed by atoms with Gasteiger partial charge in [-0.1, -0.05) is 14.9 Å². The maximum atomic E-state index is 5.56. The Morgan fingerprint density at radius 1 is 0.360 bits per heavy atom. The largest absolute Gasteiger partial charge is 1.00 e. The Balaban J connectivity index is -0.000000000898. The molecule has 0 saturated carbocycles. The van der Waals surface area contributed by atoms with Gasteiger partial charge < -0.3 is 91.1 Å². The van der Waals surface area contributed by atoms with Gasteiger partial charge in [0.05, 0.1) is 0 Å². The minimum atomic E-state index is 0. The van der Waals surface area contributed by atoms with Crippen LogP contribution in [-0.4, -0.2) is 10.2 Å². The van der Waals surface area contributed by atoms with Crippen molar-refractivity contribution in [1.29, 1.82) is 10.2 Å². The molecule has 2 nitrogen and oxygen atoms in total. The van der Waals surface area contributed by atoms with E-state index in [1.165, 1.54) is 0 Å². The van der Waals surface area contributed by atoms with E-state index in [1.807, 2.05) is 0 Å². The third-order valence-electron chi connectivity index (χ3n) is 0. The van der Waals surface area contributed by atoms with E-state index in [2.05, 4.69) is 78.8 Å². The second kappa shape index (κ2) is 222. The molecular weight excluding hydrogens is 745 g/mol. The van der Waals surface area contributed by atoms with E-state index in [0.29, 0.717) is 0 Å². The predicted molar refractivity (Wildman–Crippen MR) is 139 cm³/mol. The quantitative estimate of drug-likeness (QED) is 0.189. The normalized spacial score (nSPS) is 2.24. The van der Waals surface area contributed by atoms with Crippen molar-refractivity contribution in [3.05, 3.63) is 0 Å². The number of hydrogen-bond acceptors (Lipinski definition) is 2. The van der Waals surface area contributed by atoms with Gasteiger partial charge >= 0.3 is 411 Å². The zero-order valence-electron chi connectivity index (χ0n) is 24.1. The van der Waals surface area contributed by atoms with Crippen LogP contribution in [0.3, 0.4) is 0 Å². The molecule has 0 bridgehead atoms. The van der Waals surface area contributed by atoms with Crippen molar-refractivity contribution in [2.24, 2.45) is 0 Å². The summed E-state index contributed by atoms with van der Waals surface area (Å²) >= 11 is 0. The average Bonchev–Trinajstić information content (AvgIpc) is 2.54. The second-order valence-corrected chi connectivity index (χ2v) is 0. The standard InChI is InChI=1S/2CH4.2FH.8K.2H3N.2H3P.8H2P.H2S/h2*1H4;2*1H;;;;;;;;;4*1H3;9*1H2/q;;;;8*+1;;;;;8*-1;/i;;;;;;;;;;;;;;;;8*1D;. The molecule has 2 atom stereocenters. The average molecular weight is 793 g/mol. The summed E-state index contributed by atoms with van der Waals surface area (Å²) in [6, 6.07) is 0. The van der Waals surface area contributed by atoms with Crippen molar-refractivity contribution in [1.82, 2.24) is 12.3 Å². The monoisotopic (exact) mass is 792 g/mol. The summed E-state index contributed by atoms with van der Waals surface area (Å²) in [5, 5.41) is 0. The first-order valence-corrected chi connectivity index (χ1v) is 0. The fraction of sp³-hybridized carbons (Fsp3) is 1.00. The third-order valence-corrected chi connectivity index (χ3v) is 0. The molecule has 0 heterocycles. The van der Waals surface area contributed by atoms with E-state index in [9.17, 15) is 0 Å². The van der Waals surface area contributed by atoms with Crippen LogP contribution in [0, 0.1) is 0 Å². The first kappa shape index (κ1) is 113.